The molecule has 0 unspecified atom stereocenters. The molecule has 0 fully saturated rings. The maximum Gasteiger partial charge on any atom is 0.325 e. The average Bonchev–Trinajstić information content (AvgIpc) is 3.08. The van der Waals surface area contributed by atoms with E-state index in [0.29, 0.717) is 26.0 Å². The van der Waals surface area contributed by atoms with Crippen LogP contribution in [0.4, 0.5) is 4.79 Å². The van der Waals surface area contributed by atoms with Crippen molar-refractivity contribution in [3.8, 4) is 0 Å². The van der Waals surface area contributed by atoms with Crippen molar-refractivity contribution >= 4 is 28.9 Å². The van der Waals surface area contributed by atoms with Crippen LogP contribution in [0.1, 0.15) is 176 Å². The van der Waals surface area contributed by atoms with E-state index in [1.807, 2.05) is 6.08 Å². The van der Waals surface area contributed by atoms with Crippen molar-refractivity contribution < 1.29 is 23.9 Å². The van der Waals surface area contributed by atoms with Gasteiger partial charge in [-0.05, 0) is 77.4 Å². The number of thioether (sulfide) groups is 1. The molecule has 0 heterocycles. The number of allylic oxidation sites excluding steroid dienone is 1. The Morgan fingerprint density at radius 1 is 0.625 bits per heavy atom. The molecule has 0 bridgehead atoms. The topological polar surface area (TPSA) is 76.1 Å². The standard InChI is InChI=1S/C40H76N2O5S/c1-6-11-14-17-18-21-27-34-46-38(43)31-25-22-26-33-42(40(45)48-35-28-32-41(9-4)10-5)36-39(44)47-37(29-23-19-15-12-7-2)30-24-20-16-13-8-3/h21,27,37H,6-20,22-26,28-36H2,1-5H3/b27-21-. The summed E-state index contributed by atoms with van der Waals surface area (Å²) in [4.78, 5) is 42.7. The fraction of sp³-hybridized carbons (Fsp3) is 0.875. The van der Waals surface area contributed by atoms with E-state index >= 15 is 0 Å². The molecule has 0 aromatic carbocycles. The lowest BCUT2D eigenvalue weighted by molar-refractivity contribution is -0.150. The summed E-state index contributed by atoms with van der Waals surface area (Å²) in [6.07, 6.45) is 27.2. The predicted octanol–water partition coefficient (Wildman–Crippen LogP) is 11.1. The number of carbonyl (C=O) groups excluding carboxylic acids is 3. The summed E-state index contributed by atoms with van der Waals surface area (Å²) in [5, 5.41) is -0.0527. The summed E-state index contributed by atoms with van der Waals surface area (Å²) >= 11 is 1.31. The van der Waals surface area contributed by atoms with Crippen LogP contribution in [0.15, 0.2) is 12.2 Å². The summed E-state index contributed by atoms with van der Waals surface area (Å²) in [6, 6.07) is 0. The molecule has 0 saturated carbocycles. The lowest BCUT2D eigenvalue weighted by atomic mass is 10.0. The molecule has 0 atom stereocenters. The molecule has 0 aromatic heterocycles. The van der Waals surface area contributed by atoms with Gasteiger partial charge in [-0.1, -0.05) is 136 Å². The predicted molar refractivity (Wildman–Crippen MR) is 206 cm³/mol. The van der Waals surface area contributed by atoms with E-state index < -0.39 is 0 Å². The maximum atomic E-state index is 13.3. The van der Waals surface area contributed by atoms with Gasteiger partial charge in [-0.15, -0.1) is 0 Å². The average molecular weight is 697 g/mol. The number of hydrogen-bond donors (Lipinski definition) is 0. The Bertz CT molecular complexity index is 776. The van der Waals surface area contributed by atoms with Crippen LogP contribution in [0.5, 0.6) is 0 Å². The normalized spacial score (nSPS) is 11.6. The highest BCUT2D eigenvalue weighted by Crippen LogP contribution is 2.18. The number of hydrogen-bond acceptors (Lipinski definition) is 7. The van der Waals surface area contributed by atoms with Crippen molar-refractivity contribution in [3.05, 3.63) is 12.2 Å². The number of unbranched alkanes of at least 4 members (excludes halogenated alkanes) is 14. The first-order chi connectivity index (χ1) is 23.4. The molecule has 7 nitrogen and oxygen atoms in total. The van der Waals surface area contributed by atoms with Gasteiger partial charge in [0.25, 0.3) is 5.24 Å². The van der Waals surface area contributed by atoms with Crippen molar-refractivity contribution in [2.75, 3.05) is 45.1 Å². The molecule has 0 saturated heterocycles. The van der Waals surface area contributed by atoms with Gasteiger partial charge in [0.05, 0.1) is 0 Å². The van der Waals surface area contributed by atoms with Crippen LogP contribution in [-0.4, -0.2) is 78.2 Å². The summed E-state index contributed by atoms with van der Waals surface area (Å²) in [7, 11) is 0. The van der Waals surface area contributed by atoms with E-state index in [9.17, 15) is 14.4 Å². The third kappa shape index (κ3) is 29.4. The fourth-order valence-electron chi connectivity index (χ4n) is 5.74. The number of ether oxygens (including phenoxy) is 2. The summed E-state index contributed by atoms with van der Waals surface area (Å²) in [5.74, 6) is 0.264. The summed E-state index contributed by atoms with van der Waals surface area (Å²) in [5.41, 5.74) is 0. The van der Waals surface area contributed by atoms with Crippen LogP contribution in [0.25, 0.3) is 0 Å². The van der Waals surface area contributed by atoms with Crippen LogP contribution >= 0.6 is 11.8 Å². The van der Waals surface area contributed by atoms with Crippen molar-refractivity contribution in [3.63, 3.8) is 0 Å². The molecule has 0 aromatic rings. The Kier molecular flexibility index (Phi) is 34.2. The van der Waals surface area contributed by atoms with Gasteiger partial charge in [-0.2, -0.15) is 0 Å². The number of esters is 2. The van der Waals surface area contributed by atoms with E-state index in [0.717, 1.165) is 76.8 Å². The van der Waals surface area contributed by atoms with E-state index in [1.165, 1.54) is 88.8 Å². The lowest BCUT2D eigenvalue weighted by Crippen LogP contribution is -2.36. The SMILES string of the molecule is CCCCCC/C=C\COC(=O)CCCCCN(CC(=O)OC(CCCCCCC)CCCCCCC)C(=O)SCCCN(CC)CC. The van der Waals surface area contributed by atoms with E-state index in [4.69, 9.17) is 9.47 Å². The van der Waals surface area contributed by atoms with Gasteiger partial charge in [0.15, 0.2) is 0 Å². The van der Waals surface area contributed by atoms with E-state index in [1.54, 1.807) is 4.90 Å². The third-order valence-corrected chi connectivity index (χ3v) is 9.91. The second kappa shape index (κ2) is 35.3. The fourth-order valence-corrected chi connectivity index (χ4v) is 6.53. The number of carbonyl (C=O) groups is 3. The summed E-state index contributed by atoms with van der Waals surface area (Å²) < 4.78 is 11.4. The Labute approximate surface area is 301 Å². The maximum absolute atomic E-state index is 13.3. The second-order valence-corrected chi connectivity index (χ2v) is 14.3. The van der Waals surface area contributed by atoms with Crippen LogP contribution in [-0.2, 0) is 19.1 Å². The summed E-state index contributed by atoms with van der Waals surface area (Å²) in [6.45, 7) is 14.8. The molecular weight excluding hydrogens is 621 g/mol. The Hall–Kier alpha value is -1.54. The molecule has 0 N–H and O–H groups in total. The Balaban J connectivity index is 4.91. The first-order valence-corrected chi connectivity index (χ1v) is 21.0. The van der Waals surface area contributed by atoms with Crippen molar-refractivity contribution in [2.24, 2.45) is 0 Å². The highest BCUT2D eigenvalue weighted by molar-refractivity contribution is 8.13. The first-order valence-electron chi connectivity index (χ1n) is 20.1. The minimum Gasteiger partial charge on any atom is -0.461 e. The second-order valence-electron chi connectivity index (χ2n) is 13.2. The van der Waals surface area contributed by atoms with E-state index in [2.05, 4.69) is 45.6 Å². The Morgan fingerprint density at radius 2 is 1.21 bits per heavy atom. The highest BCUT2D eigenvalue weighted by Gasteiger charge is 2.21. The molecule has 0 aliphatic heterocycles. The molecule has 0 radical (unpaired) electrons. The molecule has 0 aliphatic carbocycles. The molecule has 1 amide bonds. The zero-order valence-corrected chi connectivity index (χ0v) is 32.9. The van der Waals surface area contributed by atoms with Crippen molar-refractivity contribution in [2.45, 2.75) is 182 Å². The van der Waals surface area contributed by atoms with Crippen molar-refractivity contribution in [1.29, 1.82) is 0 Å². The molecule has 48 heavy (non-hydrogen) atoms. The van der Waals surface area contributed by atoms with Gasteiger partial charge >= 0.3 is 11.9 Å². The molecule has 0 rings (SSSR count). The molecule has 0 aliphatic rings. The number of nitrogens with zero attached hydrogens (tertiary/aromatic N) is 2. The third-order valence-electron chi connectivity index (χ3n) is 8.91. The zero-order chi connectivity index (χ0) is 35.5. The zero-order valence-electron chi connectivity index (χ0n) is 32.1. The van der Waals surface area contributed by atoms with Crippen LogP contribution in [0.2, 0.25) is 0 Å². The Morgan fingerprint density at radius 3 is 1.81 bits per heavy atom. The largest absolute Gasteiger partial charge is 0.461 e. The number of amides is 1. The van der Waals surface area contributed by atoms with Gasteiger partial charge in [0.1, 0.15) is 19.3 Å². The highest BCUT2D eigenvalue weighted by atomic mass is 32.2. The molecule has 8 heteroatoms. The van der Waals surface area contributed by atoms with Crippen LogP contribution < -0.4 is 0 Å². The minimum atomic E-state index is -0.291. The van der Waals surface area contributed by atoms with Gasteiger partial charge < -0.3 is 19.3 Å². The van der Waals surface area contributed by atoms with Gasteiger partial charge in [0.2, 0.25) is 0 Å². The van der Waals surface area contributed by atoms with E-state index in [-0.39, 0.29) is 29.8 Å². The van der Waals surface area contributed by atoms with Gasteiger partial charge in [0, 0.05) is 18.7 Å². The monoisotopic (exact) mass is 697 g/mol. The molecule has 0 spiro atoms. The van der Waals surface area contributed by atoms with Crippen LogP contribution in [0, 0.1) is 0 Å². The van der Waals surface area contributed by atoms with Crippen LogP contribution in [0.3, 0.4) is 0 Å². The molecular formula is C40H76N2O5S. The first kappa shape index (κ1) is 46.5. The minimum absolute atomic E-state index is 0.00311. The lowest BCUT2D eigenvalue weighted by Gasteiger charge is -2.24. The smallest absolute Gasteiger partial charge is 0.325 e. The van der Waals surface area contributed by atoms with Gasteiger partial charge in [-0.3, -0.25) is 14.4 Å². The van der Waals surface area contributed by atoms with Crippen molar-refractivity contribution in [1.82, 2.24) is 9.80 Å². The molecule has 282 valence electrons. The van der Waals surface area contributed by atoms with Gasteiger partial charge in [-0.25, -0.2) is 0 Å². The number of rotatable bonds is 34. The quantitative estimate of drug-likeness (QED) is 0.0376.